The van der Waals surface area contributed by atoms with Crippen molar-refractivity contribution < 1.29 is 9.15 Å². The summed E-state index contributed by atoms with van der Waals surface area (Å²) < 4.78 is 12.9. The van der Waals surface area contributed by atoms with Gasteiger partial charge in [0, 0.05) is 11.3 Å². The Balaban J connectivity index is 1.46. The molecule has 7 nitrogen and oxygen atoms in total. The second-order valence-electron chi connectivity index (χ2n) is 7.23. The maximum atomic E-state index is 5.59. The third-order valence-corrected chi connectivity index (χ3v) is 6.12. The number of methoxy groups -OCH3 is 1. The Morgan fingerprint density at radius 3 is 2.44 bits per heavy atom. The Hall–Kier alpha value is -3.65. The number of ether oxygens (including phenoxy) is 1. The predicted octanol–water partition coefficient (Wildman–Crippen LogP) is 5.14. The average molecular weight is 444 g/mol. The smallest absolute Gasteiger partial charge is 0.192 e. The number of fused-ring (bicyclic) bond motifs is 1. The van der Waals surface area contributed by atoms with Gasteiger partial charge in [0.25, 0.3) is 0 Å². The van der Waals surface area contributed by atoms with Gasteiger partial charge in [-0.05, 0) is 55.5 Å². The normalized spacial score (nSPS) is 11.2. The van der Waals surface area contributed by atoms with Crippen LogP contribution in [0.3, 0.4) is 0 Å². The molecule has 0 atom stereocenters. The first-order valence-corrected chi connectivity index (χ1v) is 11.1. The molecule has 0 spiro atoms. The lowest BCUT2D eigenvalue weighted by Crippen LogP contribution is -2.04. The van der Waals surface area contributed by atoms with Gasteiger partial charge in [-0.15, -0.1) is 10.2 Å². The lowest BCUT2D eigenvalue weighted by molar-refractivity contribution is 0.415. The summed E-state index contributed by atoms with van der Waals surface area (Å²) in [6.07, 6.45) is 1.67. The molecule has 5 aromatic rings. The molecule has 0 N–H and O–H groups in total. The van der Waals surface area contributed by atoms with Crippen LogP contribution in [0.15, 0.2) is 76.5 Å². The van der Waals surface area contributed by atoms with Gasteiger partial charge < -0.3 is 9.15 Å². The van der Waals surface area contributed by atoms with E-state index in [1.54, 1.807) is 25.1 Å². The monoisotopic (exact) mass is 443 g/mol. The molecule has 3 heterocycles. The van der Waals surface area contributed by atoms with Crippen molar-refractivity contribution in [2.75, 3.05) is 7.11 Å². The number of hydrogen-bond acceptors (Lipinski definition) is 7. The highest BCUT2D eigenvalue weighted by molar-refractivity contribution is 7.98. The molecule has 3 aromatic heterocycles. The van der Waals surface area contributed by atoms with Crippen molar-refractivity contribution in [3.8, 4) is 17.1 Å². The van der Waals surface area contributed by atoms with E-state index in [0.29, 0.717) is 12.3 Å². The molecular weight excluding hydrogens is 422 g/mol. The molecule has 0 saturated heterocycles. The van der Waals surface area contributed by atoms with Crippen molar-refractivity contribution in [3.05, 3.63) is 84.1 Å². The Kier molecular flexibility index (Phi) is 5.60. The van der Waals surface area contributed by atoms with Gasteiger partial charge in [-0.2, -0.15) is 0 Å². The van der Waals surface area contributed by atoms with E-state index in [4.69, 9.17) is 19.1 Å². The molecule has 0 fully saturated rings. The van der Waals surface area contributed by atoms with Crippen LogP contribution in [-0.2, 0) is 12.3 Å². The zero-order chi connectivity index (χ0) is 21.9. The molecule has 2 aromatic carbocycles. The summed E-state index contributed by atoms with van der Waals surface area (Å²) in [4.78, 5) is 9.50. The molecule has 0 aliphatic rings. The standard InChI is InChI=1S/C24H21N5O2S/c1-16-22(26-21-8-4-3-7-20(21)25-16)15-32-24-28-27-23(17-9-11-18(30-2)12-10-17)29(24)14-19-6-5-13-31-19/h3-13H,14-15H2,1-2H3. The van der Waals surface area contributed by atoms with E-state index in [-0.39, 0.29) is 0 Å². The minimum atomic E-state index is 0.534. The summed E-state index contributed by atoms with van der Waals surface area (Å²) in [7, 11) is 1.65. The first kappa shape index (κ1) is 20.3. The van der Waals surface area contributed by atoms with Gasteiger partial charge in [0.15, 0.2) is 11.0 Å². The van der Waals surface area contributed by atoms with E-state index < -0.39 is 0 Å². The van der Waals surface area contributed by atoms with Crippen LogP contribution in [-0.4, -0.2) is 31.8 Å². The summed E-state index contributed by atoms with van der Waals surface area (Å²) in [6.45, 7) is 2.53. The number of aromatic nitrogens is 5. The lowest BCUT2D eigenvalue weighted by Gasteiger charge is -2.10. The van der Waals surface area contributed by atoms with E-state index in [9.17, 15) is 0 Å². The van der Waals surface area contributed by atoms with E-state index in [1.165, 1.54) is 0 Å². The first-order chi connectivity index (χ1) is 15.7. The van der Waals surface area contributed by atoms with Crippen LogP contribution >= 0.6 is 11.8 Å². The summed E-state index contributed by atoms with van der Waals surface area (Å²) in [6, 6.07) is 19.5. The predicted molar refractivity (Wildman–Crippen MR) is 124 cm³/mol. The second-order valence-corrected chi connectivity index (χ2v) is 8.18. The number of para-hydroxylation sites is 2. The summed E-state index contributed by atoms with van der Waals surface area (Å²) >= 11 is 1.59. The van der Waals surface area contributed by atoms with Crippen LogP contribution in [0, 0.1) is 6.92 Å². The van der Waals surface area contributed by atoms with Gasteiger partial charge in [-0.3, -0.25) is 4.57 Å². The van der Waals surface area contributed by atoms with Crippen LogP contribution in [0.2, 0.25) is 0 Å². The highest BCUT2D eigenvalue weighted by atomic mass is 32.2. The summed E-state index contributed by atoms with van der Waals surface area (Å²) in [5, 5.41) is 9.75. The summed E-state index contributed by atoms with van der Waals surface area (Å²) in [5.74, 6) is 3.05. The molecule has 8 heteroatoms. The second kappa shape index (κ2) is 8.84. The fourth-order valence-electron chi connectivity index (χ4n) is 3.44. The van der Waals surface area contributed by atoms with Crippen molar-refractivity contribution in [1.29, 1.82) is 0 Å². The number of aryl methyl sites for hydroxylation is 1. The number of nitrogens with zero attached hydrogens (tertiary/aromatic N) is 5. The van der Waals surface area contributed by atoms with Crippen LogP contribution in [0.1, 0.15) is 17.1 Å². The molecule has 0 aliphatic carbocycles. The van der Waals surface area contributed by atoms with Gasteiger partial charge in [-0.25, -0.2) is 9.97 Å². The highest BCUT2D eigenvalue weighted by Gasteiger charge is 2.17. The fourth-order valence-corrected chi connectivity index (χ4v) is 4.39. The van der Waals surface area contributed by atoms with Crippen LogP contribution in [0.5, 0.6) is 5.75 Å². The van der Waals surface area contributed by atoms with E-state index in [1.807, 2.05) is 67.6 Å². The summed E-state index contributed by atoms with van der Waals surface area (Å²) in [5.41, 5.74) is 4.61. The Labute approximate surface area is 189 Å². The molecule has 0 saturated carbocycles. The van der Waals surface area contributed by atoms with E-state index >= 15 is 0 Å². The molecule has 32 heavy (non-hydrogen) atoms. The van der Waals surface area contributed by atoms with Gasteiger partial charge in [-0.1, -0.05) is 23.9 Å². The Morgan fingerprint density at radius 2 is 1.72 bits per heavy atom. The molecular formula is C24H21N5O2S. The van der Waals surface area contributed by atoms with Crippen molar-refractivity contribution >= 4 is 22.8 Å². The first-order valence-electron chi connectivity index (χ1n) is 10.2. The topological polar surface area (TPSA) is 78.9 Å². The van der Waals surface area contributed by atoms with Crippen molar-refractivity contribution in [2.45, 2.75) is 24.4 Å². The Bertz CT molecular complexity index is 1350. The van der Waals surface area contributed by atoms with Crippen molar-refractivity contribution in [1.82, 2.24) is 24.7 Å². The lowest BCUT2D eigenvalue weighted by atomic mass is 10.2. The zero-order valence-corrected chi connectivity index (χ0v) is 18.5. The minimum absolute atomic E-state index is 0.534. The van der Waals surface area contributed by atoms with Crippen LogP contribution < -0.4 is 4.74 Å². The molecule has 5 rings (SSSR count). The number of furan rings is 1. The third-order valence-electron chi connectivity index (χ3n) is 5.14. The van der Waals surface area contributed by atoms with Gasteiger partial charge in [0.1, 0.15) is 11.5 Å². The molecule has 0 unspecified atom stereocenters. The molecule has 160 valence electrons. The number of hydrogen-bond donors (Lipinski definition) is 0. The third kappa shape index (κ3) is 4.09. The SMILES string of the molecule is COc1ccc(-c2nnc(SCc3nc4ccccc4nc3C)n2Cc2ccco2)cc1. The zero-order valence-electron chi connectivity index (χ0n) is 17.7. The van der Waals surface area contributed by atoms with Gasteiger partial charge in [0.2, 0.25) is 0 Å². The molecule has 0 amide bonds. The van der Waals surface area contributed by atoms with Crippen molar-refractivity contribution in [2.24, 2.45) is 0 Å². The number of thioether (sulfide) groups is 1. The highest BCUT2D eigenvalue weighted by Crippen LogP contribution is 2.29. The molecule has 0 bridgehead atoms. The Morgan fingerprint density at radius 1 is 0.938 bits per heavy atom. The van der Waals surface area contributed by atoms with Gasteiger partial charge in [0.05, 0.1) is 42.3 Å². The van der Waals surface area contributed by atoms with Crippen molar-refractivity contribution in [3.63, 3.8) is 0 Å². The number of rotatable bonds is 7. The maximum Gasteiger partial charge on any atom is 0.192 e. The van der Waals surface area contributed by atoms with Gasteiger partial charge >= 0.3 is 0 Å². The quantitative estimate of drug-likeness (QED) is 0.322. The van der Waals surface area contributed by atoms with E-state index in [0.717, 1.165) is 50.5 Å². The molecule has 0 radical (unpaired) electrons. The largest absolute Gasteiger partial charge is 0.497 e. The maximum absolute atomic E-state index is 5.59. The van der Waals surface area contributed by atoms with Crippen LogP contribution in [0.4, 0.5) is 0 Å². The number of benzene rings is 2. The molecule has 0 aliphatic heterocycles. The fraction of sp³-hybridized carbons (Fsp3) is 0.167. The average Bonchev–Trinajstić information content (AvgIpc) is 3.48. The minimum Gasteiger partial charge on any atom is -0.497 e. The van der Waals surface area contributed by atoms with Crippen LogP contribution in [0.25, 0.3) is 22.4 Å². The van der Waals surface area contributed by atoms with E-state index in [2.05, 4.69) is 14.8 Å².